The first-order chi connectivity index (χ1) is 13.1. The first kappa shape index (κ1) is 18.1. The quantitative estimate of drug-likeness (QED) is 0.610. The maximum atomic E-state index is 12.9. The summed E-state index contributed by atoms with van der Waals surface area (Å²) in [5, 5.41) is 4.04. The summed E-state index contributed by atoms with van der Waals surface area (Å²) in [6.07, 6.45) is 0. The molecule has 0 amide bonds. The first-order valence-corrected chi connectivity index (χ1v) is 10.7. The van der Waals surface area contributed by atoms with Crippen molar-refractivity contribution in [2.75, 3.05) is 31.1 Å². The summed E-state index contributed by atoms with van der Waals surface area (Å²) in [6.45, 7) is 1.71. The number of sulfonamides is 1. The largest absolute Gasteiger partial charge is 0.336 e. The van der Waals surface area contributed by atoms with Crippen molar-refractivity contribution in [3.63, 3.8) is 0 Å². The van der Waals surface area contributed by atoms with Crippen LogP contribution in [0.25, 0.3) is 11.5 Å². The van der Waals surface area contributed by atoms with E-state index in [4.69, 9.17) is 4.52 Å². The standard InChI is InChI=1S/C18H17BrN4O3S/c19-15-8-4-5-9-16(15)27(24,25)23-12-10-22(11-13-23)18-20-17(26-21-18)14-6-2-1-3-7-14/h1-9H,10-13H2. The molecule has 0 unspecified atom stereocenters. The summed E-state index contributed by atoms with van der Waals surface area (Å²) < 4.78 is 33.1. The normalized spacial score (nSPS) is 15.8. The van der Waals surface area contributed by atoms with E-state index in [2.05, 4.69) is 26.1 Å². The molecule has 27 heavy (non-hydrogen) atoms. The minimum absolute atomic E-state index is 0.282. The number of rotatable bonds is 4. The Morgan fingerprint density at radius 2 is 1.59 bits per heavy atom. The van der Waals surface area contributed by atoms with Gasteiger partial charge in [0.25, 0.3) is 11.8 Å². The fraction of sp³-hybridized carbons (Fsp3) is 0.222. The van der Waals surface area contributed by atoms with Gasteiger partial charge in [-0.15, -0.1) is 0 Å². The molecule has 1 fully saturated rings. The molecular formula is C18H17BrN4O3S. The van der Waals surface area contributed by atoms with Crippen molar-refractivity contribution in [1.82, 2.24) is 14.4 Å². The second-order valence-corrected chi connectivity index (χ2v) is 8.85. The highest BCUT2D eigenvalue weighted by Crippen LogP contribution is 2.26. The molecule has 0 aliphatic carbocycles. The maximum absolute atomic E-state index is 12.9. The average molecular weight is 449 g/mol. The van der Waals surface area contributed by atoms with Crippen molar-refractivity contribution in [3.8, 4) is 11.5 Å². The van der Waals surface area contributed by atoms with Crippen LogP contribution in [0, 0.1) is 0 Å². The van der Waals surface area contributed by atoms with E-state index >= 15 is 0 Å². The van der Waals surface area contributed by atoms with Crippen LogP contribution in [0.5, 0.6) is 0 Å². The summed E-state index contributed by atoms with van der Waals surface area (Å²) in [6, 6.07) is 16.4. The highest BCUT2D eigenvalue weighted by atomic mass is 79.9. The van der Waals surface area contributed by atoms with Crippen LogP contribution in [0.15, 0.2) is 68.5 Å². The van der Waals surface area contributed by atoms with Gasteiger partial charge in [-0.05, 0) is 45.4 Å². The Morgan fingerprint density at radius 1 is 0.926 bits per heavy atom. The number of benzene rings is 2. The molecule has 1 saturated heterocycles. The number of aromatic nitrogens is 2. The van der Waals surface area contributed by atoms with Gasteiger partial charge in [0.15, 0.2) is 0 Å². The summed E-state index contributed by atoms with van der Waals surface area (Å²) in [5.74, 6) is 0.931. The van der Waals surface area contributed by atoms with Crippen molar-refractivity contribution in [1.29, 1.82) is 0 Å². The van der Waals surface area contributed by atoms with E-state index in [-0.39, 0.29) is 4.90 Å². The van der Waals surface area contributed by atoms with E-state index in [1.807, 2.05) is 35.2 Å². The smallest absolute Gasteiger partial charge is 0.266 e. The van der Waals surface area contributed by atoms with Crippen LogP contribution >= 0.6 is 15.9 Å². The molecule has 4 rings (SSSR count). The zero-order valence-electron chi connectivity index (χ0n) is 14.3. The molecule has 1 aliphatic rings. The Bertz CT molecular complexity index is 1030. The summed E-state index contributed by atoms with van der Waals surface area (Å²) in [5.41, 5.74) is 0.853. The second-order valence-electron chi connectivity index (χ2n) is 6.09. The molecule has 3 aromatic rings. The van der Waals surface area contributed by atoms with Gasteiger partial charge in [0.1, 0.15) is 0 Å². The molecule has 9 heteroatoms. The van der Waals surface area contributed by atoms with Gasteiger partial charge in [-0.25, -0.2) is 8.42 Å². The van der Waals surface area contributed by atoms with Crippen molar-refractivity contribution in [3.05, 3.63) is 59.1 Å². The van der Waals surface area contributed by atoms with Gasteiger partial charge in [-0.3, -0.25) is 0 Å². The molecule has 0 radical (unpaired) electrons. The zero-order valence-corrected chi connectivity index (χ0v) is 16.7. The fourth-order valence-electron chi connectivity index (χ4n) is 2.96. The van der Waals surface area contributed by atoms with Crippen LogP contribution in [0.3, 0.4) is 0 Å². The molecule has 0 saturated carbocycles. The zero-order chi connectivity index (χ0) is 18.9. The van der Waals surface area contributed by atoms with Crippen molar-refractivity contribution < 1.29 is 12.9 Å². The Morgan fingerprint density at radius 3 is 2.30 bits per heavy atom. The van der Waals surface area contributed by atoms with Gasteiger partial charge < -0.3 is 9.42 Å². The minimum Gasteiger partial charge on any atom is -0.336 e. The Hall–Kier alpha value is -2.23. The van der Waals surface area contributed by atoms with Gasteiger partial charge in [0.2, 0.25) is 10.0 Å². The van der Waals surface area contributed by atoms with Gasteiger partial charge in [-0.2, -0.15) is 9.29 Å². The van der Waals surface area contributed by atoms with Crippen LogP contribution < -0.4 is 4.90 Å². The summed E-state index contributed by atoms with van der Waals surface area (Å²) >= 11 is 3.32. The lowest BCUT2D eigenvalue weighted by atomic mass is 10.2. The van der Waals surface area contributed by atoms with Crippen LogP contribution in [0.2, 0.25) is 0 Å². The maximum Gasteiger partial charge on any atom is 0.266 e. The predicted octanol–water partition coefficient (Wildman–Crippen LogP) is 3.01. The Balaban J connectivity index is 1.47. The van der Waals surface area contributed by atoms with Crippen molar-refractivity contribution >= 4 is 31.9 Å². The highest BCUT2D eigenvalue weighted by molar-refractivity contribution is 9.10. The highest BCUT2D eigenvalue weighted by Gasteiger charge is 2.31. The number of hydrogen-bond donors (Lipinski definition) is 0. The number of piperazine rings is 1. The molecule has 0 N–H and O–H groups in total. The fourth-order valence-corrected chi connectivity index (χ4v) is 5.35. The molecule has 2 heterocycles. The molecule has 7 nitrogen and oxygen atoms in total. The first-order valence-electron chi connectivity index (χ1n) is 8.44. The SMILES string of the molecule is O=S(=O)(c1ccccc1Br)N1CCN(c2noc(-c3ccccc3)n2)CC1. The minimum atomic E-state index is -3.54. The molecule has 1 aromatic heterocycles. The van der Waals surface area contributed by atoms with Crippen LogP contribution in [0.1, 0.15) is 0 Å². The van der Waals surface area contributed by atoms with Crippen LogP contribution in [-0.4, -0.2) is 49.0 Å². The average Bonchev–Trinajstić information content (AvgIpc) is 3.19. The van der Waals surface area contributed by atoms with E-state index in [0.29, 0.717) is 42.5 Å². The number of hydrogen-bond acceptors (Lipinski definition) is 6. The monoisotopic (exact) mass is 448 g/mol. The third kappa shape index (κ3) is 3.62. The predicted molar refractivity (Wildman–Crippen MR) is 105 cm³/mol. The van der Waals surface area contributed by atoms with Gasteiger partial charge >= 0.3 is 0 Å². The summed E-state index contributed by atoms with van der Waals surface area (Å²) in [7, 11) is -3.54. The van der Waals surface area contributed by atoms with E-state index in [0.717, 1.165) is 5.56 Å². The second kappa shape index (κ2) is 7.41. The van der Waals surface area contributed by atoms with Crippen LogP contribution in [-0.2, 0) is 10.0 Å². The van der Waals surface area contributed by atoms with E-state index in [1.165, 1.54) is 4.31 Å². The Kier molecular flexibility index (Phi) is 4.98. The Labute approximate surface area is 165 Å². The lowest BCUT2D eigenvalue weighted by molar-refractivity contribution is 0.377. The number of halogens is 1. The number of anilines is 1. The molecule has 0 atom stereocenters. The van der Waals surface area contributed by atoms with Gasteiger partial charge in [0, 0.05) is 36.2 Å². The van der Waals surface area contributed by atoms with E-state index < -0.39 is 10.0 Å². The third-order valence-electron chi connectivity index (χ3n) is 4.41. The van der Waals surface area contributed by atoms with Crippen molar-refractivity contribution in [2.45, 2.75) is 4.90 Å². The molecule has 2 aromatic carbocycles. The molecule has 140 valence electrons. The lowest BCUT2D eigenvalue weighted by Crippen LogP contribution is -2.49. The van der Waals surface area contributed by atoms with Crippen LogP contribution in [0.4, 0.5) is 5.95 Å². The number of nitrogens with zero attached hydrogens (tertiary/aromatic N) is 4. The van der Waals surface area contributed by atoms with Crippen molar-refractivity contribution in [2.24, 2.45) is 0 Å². The van der Waals surface area contributed by atoms with Gasteiger partial charge in [-0.1, -0.05) is 30.3 Å². The summed E-state index contributed by atoms with van der Waals surface area (Å²) in [4.78, 5) is 6.65. The topological polar surface area (TPSA) is 79.5 Å². The molecule has 1 aliphatic heterocycles. The molecule has 0 bridgehead atoms. The molecule has 0 spiro atoms. The third-order valence-corrected chi connectivity index (χ3v) is 7.32. The van der Waals surface area contributed by atoms with E-state index in [9.17, 15) is 8.42 Å². The van der Waals surface area contributed by atoms with Gasteiger partial charge in [0.05, 0.1) is 4.90 Å². The molecular weight excluding hydrogens is 432 g/mol. The van der Waals surface area contributed by atoms with E-state index in [1.54, 1.807) is 24.3 Å². The lowest BCUT2D eigenvalue weighted by Gasteiger charge is -2.33.